The van der Waals surface area contributed by atoms with Gasteiger partial charge >= 0.3 is 0 Å². The highest BCUT2D eigenvalue weighted by atomic mass is 16.3. The van der Waals surface area contributed by atoms with Crippen LogP contribution < -0.4 is 5.32 Å². The molecule has 3 nitrogen and oxygen atoms in total. The smallest absolute Gasteiger partial charge is 0.224 e. The van der Waals surface area contributed by atoms with Gasteiger partial charge in [-0.1, -0.05) is 44.2 Å². The fourth-order valence-corrected chi connectivity index (χ4v) is 2.11. The number of rotatable bonds is 4. The monoisotopic (exact) mass is 233 g/mol. The molecule has 2 N–H and O–H groups in total. The average molecular weight is 233 g/mol. The molecule has 0 heterocycles. The number of aliphatic hydroxyl groups excluding tert-OH is 1. The fraction of sp³-hybridized carbons (Fsp3) is 0.500. The van der Waals surface area contributed by atoms with Crippen molar-refractivity contribution in [2.24, 2.45) is 11.3 Å². The van der Waals surface area contributed by atoms with E-state index in [0.717, 1.165) is 12.0 Å². The molecule has 0 saturated heterocycles. The first-order chi connectivity index (χ1) is 8.04. The minimum Gasteiger partial charge on any atom is -0.394 e. The van der Waals surface area contributed by atoms with Gasteiger partial charge in [0.15, 0.2) is 0 Å². The molecule has 2 atom stereocenters. The molecule has 1 aromatic rings. The minimum atomic E-state index is -0.292. The van der Waals surface area contributed by atoms with E-state index >= 15 is 0 Å². The standard InChI is InChI=1S/C14H19NO2/c1-14(2)8-11(14)13(17)15-12(9-16)10-6-4-3-5-7-10/h3-7,11-12,16H,8-9H2,1-2H3,(H,15,17)/t11?,12-/m0/s1. The van der Waals surface area contributed by atoms with Crippen LogP contribution in [0.15, 0.2) is 30.3 Å². The molecule has 3 heteroatoms. The Kier molecular flexibility index (Phi) is 3.20. The molecule has 1 saturated carbocycles. The van der Waals surface area contributed by atoms with Gasteiger partial charge in [-0.25, -0.2) is 0 Å². The molecule has 1 aliphatic rings. The summed E-state index contributed by atoms with van der Waals surface area (Å²) < 4.78 is 0. The molecule has 17 heavy (non-hydrogen) atoms. The van der Waals surface area contributed by atoms with Crippen LogP contribution in [0.4, 0.5) is 0 Å². The molecule has 0 bridgehead atoms. The van der Waals surface area contributed by atoms with Crippen LogP contribution in [-0.2, 0) is 4.79 Å². The number of benzene rings is 1. The molecule has 0 spiro atoms. The Morgan fingerprint density at radius 1 is 1.47 bits per heavy atom. The Morgan fingerprint density at radius 2 is 2.06 bits per heavy atom. The van der Waals surface area contributed by atoms with Crippen LogP contribution >= 0.6 is 0 Å². The third kappa shape index (κ3) is 2.67. The molecule has 1 fully saturated rings. The number of amides is 1. The van der Waals surface area contributed by atoms with E-state index in [4.69, 9.17) is 0 Å². The first kappa shape index (κ1) is 12.1. The average Bonchev–Trinajstić information content (AvgIpc) is 2.96. The normalized spacial score (nSPS) is 22.9. The van der Waals surface area contributed by atoms with E-state index in [1.54, 1.807) is 0 Å². The van der Waals surface area contributed by atoms with E-state index < -0.39 is 0 Å². The summed E-state index contributed by atoms with van der Waals surface area (Å²) in [5.41, 5.74) is 1.07. The molecule has 0 aliphatic heterocycles. The first-order valence-electron chi connectivity index (χ1n) is 6.01. The Labute approximate surface area is 102 Å². The molecule has 1 unspecified atom stereocenters. The number of hydrogen-bond donors (Lipinski definition) is 2. The quantitative estimate of drug-likeness (QED) is 0.834. The summed E-state index contributed by atoms with van der Waals surface area (Å²) in [7, 11) is 0. The summed E-state index contributed by atoms with van der Waals surface area (Å²) in [6, 6.07) is 9.28. The van der Waals surface area contributed by atoms with Gasteiger partial charge in [0, 0.05) is 5.92 Å². The van der Waals surface area contributed by atoms with Crippen molar-refractivity contribution in [1.82, 2.24) is 5.32 Å². The van der Waals surface area contributed by atoms with Gasteiger partial charge in [0.2, 0.25) is 5.91 Å². The summed E-state index contributed by atoms with van der Waals surface area (Å²) >= 11 is 0. The van der Waals surface area contributed by atoms with Gasteiger partial charge in [-0.05, 0) is 17.4 Å². The van der Waals surface area contributed by atoms with Crippen molar-refractivity contribution in [3.63, 3.8) is 0 Å². The third-order valence-electron chi connectivity index (χ3n) is 3.53. The number of carbonyl (C=O) groups is 1. The van der Waals surface area contributed by atoms with Crippen LogP contribution in [0.5, 0.6) is 0 Å². The summed E-state index contributed by atoms with van der Waals surface area (Å²) in [5, 5.41) is 12.3. The molecule has 1 aromatic carbocycles. The SMILES string of the molecule is CC1(C)CC1C(=O)N[C@@H](CO)c1ccccc1. The van der Waals surface area contributed by atoms with Crippen molar-refractivity contribution in [2.75, 3.05) is 6.61 Å². The lowest BCUT2D eigenvalue weighted by Gasteiger charge is -2.17. The summed E-state index contributed by atoms with van der Waals surface area (Å²) in [6.07, 6.45) is 0.936. The van der Waals surface area contributed by atoms with Crippen LogP contribution in [-0.4, -0.2) is 17.6 Å². The number of nitrogens with one attached hydrogen (secondary N) is 1. The van der Waals surface area contributed by atoms with Crippen LogP contribution in [0, 0.1) is 11.3 Å². The molecular formula is C14H19NO2. The molecule has 92 valence electrons. The van der Waals surface area contributed by atoms with E-state index in [9.17, 15) is 9.90 Å². The highest BCUT2D eigenvalue weighted by Crippen LogP contribution is 2.51. The first-order valence-corrected chi connectivity index (χ1v) is 6.01. The Hall–Kier alpha value is -1.35. The van der Waals surface area contributed by atoms with E-state index in [1.165, 1.54) is 0 Å². The van der Waals surface area contributed by atoms with Crippen molar-refractivity contribution < 1.29 is 9.90 Å². The van der Waals surface area contributed by atoms with E-state index in [0.29, 0.717) is 0 Å². The Bertz CT molecular complexity index is 400. The highest BCUT2D eigenvalue weighted by molar-refractivity contribution is 5.82. The van der Waals surface area contributed by atoms with Crippen LogP contribution in [0.25, 0.3) is 0 Å². The zero-order chi connectivity index (χ0) is 12.5. The predicted octanol–water partition coefficient (Wildman–Crippen LogP) is 1.88. The molecule has 1 amide bonds. The Balaban J connectivity index is 1.99. The van der Waals surface area contributed by atoms with Crippen LogP contribution in [0.3, 0.4) is 0 Å². The second-order valence-corrected chi connectivity index (χ2v) is 5.40. The van der Waals surface area contributed by atoms with Gasteiger partial charge in [-0.3, -0.25) is 4.79 Å². The summed E-state index contributed by atoms with van der Waals surface area (Å²) in [4.78, 5) is 11.9. The lowest BCUT2D eigenvalue weighted by Crippen LogP contribution is -2.32. The minimum absolute atomic E-state index is 0.0536. The maximum Gasteiger partial charge on any atom is 0.224 e. The maximum atomic E-state index is 11.9. The van der Waals surface area contributed by atoms with Gasteiger partial charge < -0.3 is 10.4 Å². The van der Waals surface area contributed by atoms with Gasteiger partial charge in [-0.2, -0.15) is 0 Å². The molecule has 0 aromatic heterocycles. The van der Waals surface area contributed by atoms with E-state index in [-0.39, 0.29) is 29.9 Å². The molecule has 0 radical (unpaired) electrons. The zero-order valence-electron chi connectivity index (χ0n) is 10.3. The van der Waals surface area contributed by atoms with Crippen molar-refractivity contribution in [3.05, 3.63) is 35.9 Å². The van der Waals surface area contributed by atoms with Gasteiger partial charge in [0.1, 0.15) is 0 Å². The molecule has 1 aliphatic carbocycles. The molecule has 2 rings (SSSR count). The van der Waals surface area contributed by atoms with Gasteiger partial charge in [0.25, 0.3) is 0 Å². The van der Waals surface area contributed by atoms with Crippen molar-refractivity contribution in [3.8, 4) is 0 Å². The summed E-state index contributed by atoms with van der Waals surface area (Å²) in [5.74, 6) is 0.151. The zero-order valence-corrected chi connectivity index (χ0v) is 10.3. The third-order valence-corrected chi connectivity index (χ3v) is 3.53. The number of carbonyl (C=O) groups excluding carboxylic acids is 1. The molecular weight excluding hydrogens is 214 g/mol. The maximum absolute atomic E-state index is 11.9. The number of hydrogen-bond acceptors (Lipinski definition) is 2. The van der Waals surface area contributed by atoms with Gasteiger partial charge in [0.05, 0.1) is 12.6 Å². The van der Waals surface area contributed by atoms with Crippen LogP contribution in [0.1, 0.15) is 31.9 Å². The highest BCUT2D eigenvalue weighted by Gasteiger charge is 2.50. The van der Waals surface area contributed by atoms with E-state index in [2.05, 4.69) is 19.2 Å². The lowest BCUT2D eigenvalue weighted by molar-refractivity contribution is -0.124. The summed E-state index contributed by atoms with van der Waals surface area (Å²) in [6.45, 7) is 4.12. The van der Waals surface area contributed by atoms with Gasteiger partial charge in [-0.15, -0.1) is 0 Å². The topological polar surface area (TPSA) is 49.3 Å². The Morgan fingerprint density at radius 3 is 2.53 bits per heavy atom. The van der Waals surface area contributed by atoms with Crippen molar-refractivity contribution in [2.45, 2.75) is 26.3 Å². The second kappa shape index (κ2) is 4.49. The fourth-order valence-electron chi connectivity index (χ4n) is 2.11. The van der Waals surface area contributed by atoms with Crippen molar-refractivity contribution >= 4 is 5.91 Å². The lowest BCUT2D eigenvalue weighted by atomic mass is 10.1. The number of aliphatic hydroxyl groups is 1. The second-order valence-electron chi connectivity index (χ2n) is 5.40. The van der Waals surface area contributed by atoms with Crippen molar-refractivity contribution in [1.29, 1.82) is 0 Å². The van der Waals surface area contributed by atoms with E-state index in [1.807, 2.05) is 30.3 Å². The van der Waals surface area contributed by atoms with Crippen LogP contribution in [0.2, 0.25) is 0 Å². The largest absolute Gasteiger partial charge is 0.394 e. The predicted molar refractivity (Wildman–Crippen MR) is 66.3 cm³/mol.